The maximum Gasteiger partial charge on any atom is 0.323 e. The van der Waals surface area contributed by atoms with Crippen LogP contribution in [0.5, 0.6) is 5.75 Å². The summed E-state index contributed by atoms with van der Waals surface area (Å²) in [5.41, 5.74) is 0.648. The van der Waals surface area contributed by atoms with Crippen molar-refractivity contribution in [2.24, 2.45) is 5.92 Å². The number of hydrogen-bond acceptors (Lipinski definition) is 2. The Bertz CT molecular complexity index is 394. The van der Waals surface area contributed by atoms with Crippen LogP contribution in [0.15, 0.2) is 36.5 Å². The van der Waals surface area contributed by atoms with E-state index in [1.807, 2.05) is 6.08 Å². The number of urea groups is 1. The lowest BCUT2D eigenvalue weighted by Crippen LogP contribution is -2.23. The van der Waals surface area contributed by atoms with Crippen LogP contribution in [0.25, 0.3) is 0 Å². The standard InChI is InChI=1S/C12H14N2O2/c15-11-5-3-10(4-6-11)14-12(16)13-8-7-9-1-2-9/h3-9,15H,1-2H2,(H2,13,14,16)/b8-7+. The van der Waals surface area contributed by atoms with Gasteiger partial charge in [-0.25, -0.2) is 4.79 Å². The van der Waals surface area contributed by atoms with E-state index < -0.39 is 0 Å². The molecular weight excluding hydrogens is 204 g/mol. The third-order valence-electron chi connectivity index (χ3n) is 2.33. The van der Waals surface area contributed by atoms with Crippen LogP contribution < -0.4 is 10.6 Å². The van der Waals surface area contributed by atoms with Crippen LogP contribution in [0, 0.1) is 5.92 Å². The van der Waals surface area contributed by atoms with Gasteiger partial charge < -0.3 is 15.7 Å². The number of carbonyl (C=O) groups is 1. The van der Waals surface area contributed by atoms with Crippen molar-refractivity contribution in [1.82, 2.24) is 5.32 Å². The number of amides is 2. The topological polar surface area (TPSA) is 61.4 Å². The van der Waals surface area contributed by atoms with Crippen LogP contribution in [0.1, 0.15) is 12.8 Å². The van der Waals surface area contributed by atoms with Gasteiger partial charge in [0.25, 0.3) is 0 Å². The molecule has 1 fully saturated rings. The normalized spacial score (nSPS) is 15.0. The van der Waals surface area contributed by atoms with Crippen molar-refractivity contribution in [3.8, 4) is 5.75 Å². The molecule has 2 amide bonds. The number of phenols is 1. The summed E-state index contributed by atoms with van der Waals surface area (Å²) in [7, 11) is 0. The van der Waals surface area contributed by atoms with Gasteiger partial charge in [-0.05, 0) is 43.0 Å². The average molecular weight is 218 g/mol. The molecule has 16 heavy (non-hydrogen) atoms. The smallest absolute Gasteiger partial charge is 0.323 e. The second kappa shape index (κ2) is 4.70. The van der Waals surface area contributed by atoms with Crippen LogP contribution in [0.3, 0.4) is 0 Å². The summed E-state index contributed by atoms with van der Waals surface area (Å²) in [6.45, 7) is 0. The fourth-order valence-electron chi connectivity index (χ4n) is 1.26. The molecular formula is C12H14N2O2. The summed E-state index contributed by atoms with van der Waals surface area (Å²) in [6, 6.07) is 6.05. The molecule has 0 bridgehead atoms. The Balaban J connectivity index is 1.79. The second-order valence-electron chi connectivity index (χ2n) is 3.84. The molecule has 0 spiro atoms. The van der Waals surface area contributed by atoms with E-state index >= 15 is 0 Å². The van der Waals surface area contributed by atoms with Gasteiger partial charge in [0.05, 0.1) is 0 Å². The number of allylic oxidation sites excluding steroid dienone is 1. The predicted molar refractivity (Wildman–Crippen MR) is 62.1 cm³/mol. The number of benzene rings is 1. The monoisotopic (exact) mass is 218 g/mol. The molecule has 4 heteroatoms. The van der Waals surface area contributed by atoms with Crippen molar-refractivity contribution < 1.29 is 9.90 Å². The first-order valence-corrected chi connectivity index (χ1v) is 5.27. The number of phenolic OH excluding ortho intramolecular Hbond substituents is 1. The third-order valence-corrected chi connectivity index (χ3v) is 2.33. The summed E-state index contributed by atoms with van der Waals surface area (Å²) in [6.07, 6.45) is 6.11. The Kier molecular flexibility index (Phi) is 3.10. The molecule has 0 saturated heterocycles. The number of hydrogen-bond donors (Lipinski definition) is 3. The molecule has 0 atom stereocenters. The lowest BCUT2D eigenvalue weighted by Gasteiger charge is -2.04. The summed E-state index contributed by atoms with van der Waals surface area (Å²) in [4.78, 5) is 11.4. The molecule has 0 heterocycles. The van der Waals surface area contributed by atoms with Gasteiger partial charge in [0, 0.05) is 11.9 Å². The van der Waals surface area contributed by atoms with E-state index in [4.69, 9.17) is 5.11 Å². The first-order chi connectivity index (χ1) is 7.74. The lowest BCUT2D eigenvalue weighted by molar-refractivity contribution is 0.255. The van der Waals surface area contributed by atoms with E-state index in [9.17, 15) is 4.79 Å². The van der Waals surface area contributed by atoms with Crippen molar-refractivity contribution in [2.45, 2.75) is 12.8 Å². The first-order valence-electron chi connectivity index (χ1n) is 5.27. The molecule has 0 unspecified atom stereocenters. The second-order valence-corrected chi connectivity index (χ2v) is 3.84. The molecule has 1 aliphatic carbocycles. The van der Waals surface area contributed by atoms with Crippen LogP contribution in [0.4, 0.5) is 10.5 Å². The highest BCUT2D eigenvalue weighted by Gasteiger charge is 2.16. The average Bonchev–Trinajstić information content (AvgIpc) is 3.05. The maximum atomic E-state index is 11.4. The highest BCUT2D eigenvalue weighted by molar-refractivity contribution is 5.89. The molecule has 0 aromatic heterocycles. The Labute approximate surface area is 94.0 Å². The van der Waals surface area contributed by atoms with Crippen LogP contribution in [-0.4, -0.2) is 11.1 Å². The number of anilines is 1. The largest absolute Gasteiger partial charge is 0.508 e. The molecule has 84 valence electrons. The number of aromatic hydroxyl groups is 1. The molecule has 1 aromatic rings. The van der Waals surface area contributed by atoms with E-state index in [0.717, 1.165) is 0 Å². The van der Waals surface area contributed by atoms with Crippen LogP contribution >= 0.6 is 0 Å². The Morgan fingerprint density at radius 3 is 2.62 bits per heavy atom. The summed E-state index contributed by atoms with van der Waals surface area (Å²) >= 11 is 0. The molecule has 0 radical (unpaired) electrons. The van der Waals surface area contributed by atoms with E-state index in [-0.39, 0.29) is 11.8 Å². The van der Waals surface area contributed by atoms with Crippen molar-refractivity contribution in [1.29, 1.82) is 0 Å². The van der Waals surface area contributed by atoms with Crippen molar-refractivity contribution in [2.75, 3.05) is 5.32 Å². The Hall–Kier alpha value is -1.97. The summed E-state index contributed by atoms with van der Waals surface area (Å²) in [5.74, 6) is 0.827. The zero-order valence-corrected chi connectivity index (χ0v) is 8.81. The molecule has 3 N–H and O–H groups in total. The van der Waals surface area contributed by atoms with Gasteiger partial charge in [-0.2, -0.15) is 0 Å². The van der Waals surface area contributed by atoms with E-state index in [1.165, 1.54) is 25.0 Å². The SMILES string of the molecule is O=C(N/C=C/C1CC1)Nc1ccc(O)cc1. The molecule has 0 aliphatic heterocycles. The van der Waals surface area contributed by atoms with Gasteiger partial charge in [-0.1, -0.05) is 6.08 Å². The minimum atomic E-state index is -0.275. The quantitative estimate of drug-likeness (QED) is 0.682. The number of rotatable bonds is 3. The minimum absolute atomic E-state index is 0.180. The van der Waals surface area contributed by atoms with Crippen molar-refractivity contribution in [3.63, 3.8) is 0 Å². The van der Waals surface area contributed by atoms with Crippen molar-refractivity contribution in [3.05, 3.63) is 36.5 Å². The molecule has 1 aromatic carbocycles. The van der Waals surface area contributed by atoms with E-state index in [0.29, 0.717) is 11.6 Å². The fraction of sp³-hybridized carbons (Fsp3) is 0.250. The number of nitrogens with one attached hydrogen (secondary N) is 2. The molecule has 2 rings (SSSR count). The van der Waals surface area contributed by atoms with Gasteiger partial charge in [0.1, 0.15) is 5.75 Å². The zero-order chi connectivity index (χ0) is 11.4. The summed E-state index contributed by atoms with van der Waals surface area (Å²) in [5, 5.41) is 14.3. The number of carbonyl (C=O) groups excluding carboxylic acids is 1. The van der Waals surface area contributed by atoms with Gasteiger partial charge >= 0.3 is 6.03 Å². The highest BCUT2D eigenvalue weighted by Crippen LogP contribution is 2.29. The Morgan fingerprint density at radius 2 is 2.00 bits per heavy atom. The van der Waals surface area contributed by atoms with E-state index in [2.05, 4.69) is 10.6 Å². The van der Waals surface area contributed by atoms with Gasteiger partial charge in [-0.3, -0.25) is 0 Å². The maximum absolute atomic E-state index is 11.4. The van der Waals surface area contributed by atoms with Crippen LogP contribution in [0.2, 0.25) is 0 Å². The van der Waals surface area contributed by atoms with Crippen LogP contribution in [-0.2, 0) is 0 Å². The highest BCUT2D eigenvalue weighted by atomic mass is 16.3. The van der Waals surface area contributed by atoms with Gasteiger partial charge in [0.15, 0.2) is 0 Å². The Morgan fingerprint density at radius 1 is 1.31 bits per heavy atom. The van der Waals surface area contributed by atoms with Gasteiger partial charge in [0.2, 0.25) is 0 Å². The predicted octanol–water partition coefficient (Wildman–Crippen LogP) is 2.44. The molecule has 1 aliphatic rings. The van der Waals surface area contributed by atoms with E-state index in [1.54, 1.807) is 18.3 Å². The zero-order valence-electron chi connectivity index (χ0n) is 8.81. The molecule has 4 nitrogen and oxygen atoms in total. The third kappa shape index (κ3) is 3.31. The minimum Gasteiger partial charge on any atom is -0.508 e. The lowest BCUT2D eigenvalue weighted by atomic mass is 10.3. The van der Waals surface area contributed by atoms with Crippen molar-refractivity contribution >= 4 is 11.7 Å². The molecule has 1 saturated carbocycles. The summed E-state index contributed by atoms with van der Waals surface area (Å²) < 4.78 is 0. The van der Waals surface area contributed by atoms with Gasteiger partial charge in [-0.15, -0.1) is 0 Å². The first kappa shape index (κ1) is 10.5. The fourth-order valence-corrected chi connectivity index (χ4v) is 1.26.